The first-order valence-electron chi connectivity index (χ1n) is 12.4. The summed E-state index contributed by atoms with van der Waals surface area (Å²) in [5.41, 5.74) is 3.71. The predicted molar refractivity (Wildman–Crippen MR) is 140 cm³/mol. The van der Waals surface area contributed by atoms with Gasteiger partial charge in [-0.2, -0.15) is 15.1 Å². The van der Waals surface area contributed by atoms with Crippen molar-refractivity contribution < 1.29 is 42.1 Å². The van der Waals surface area contributed by atoms with E-state index in [2.05, 4.69) is 20.0 Å². The third-order valence-corrected chi connectivity index (χ3v) is 7.65. The molecule has 3 aromatic rings. The van der Waals surface area contributed by atoms with Crippen LogP contribution in [0.5, 0.6) is 11.6 Å². The predicted octanol–water partition coefficient (Wildman–Crippen LogP) is 2.54. The number of benzene rings is 1. The van der Waals surface area contributed by atoms with E-state index in [1.165, 1.54) is 37.1 Å². The van der Waals surface area contributed by atoms with Gasteiger partial charge in [-0.3, -0.25) is 13.9 Å². The summed E-state index contributed by atoms with van der Waals surface area (Å²) >= 11 is 0. The quantitative estimate of drug-likeness (QED) is 0.222. The summed E-state index contributed by atoms with van der Waals surface area (Å²) < 4.78 is 58.3. The highest BCUT2D eigenvalue weighted by molar-refractivity contribution is 7.52. The topological polar surface area (TPSA) is 182 Å². The number of aliphatic hydroxyl groups is 1. The Balaban J connectivity index is 1.56. The molecule has 6 atom stereocenters. The van der Waals surface area contributed by atoms with Crippen LogP contribution in [0.15, 0.2) is 36.7 Å². The Morgan fingerprint density at radius 2 is 2.00 bits per heavy atom. The number of aliphatic hydroxyl groups excluding tert-OH is 1. The molecule has 40 heavy (non-hydrogen) atoms. The molecule has 3 heterocycles. The number of para-hydroxylation sites is 1. The van der Waals surface area contributed by atoms with Gasteiger partial charge in [-0.25, -0.2) is 13.9 Å². The fourth-order valence-corrected chi connectivity index (χ4v) is 5.58. The molecule has 1 aliphatic heterocycles. The van der Waals surface area contributed by atoms with Crippen LogP contribution in [0.25, 0.3) is 11.2 Å². The van der Waals surface area contributed by atoms with Gasteiger partial charge in [-0.15, -0.1) is 0 Å². The fourth-order valence-electron chi connectivity index (χ4n) is 4.08. The number of fused-ring (bicyclic) bond motifs is 1. The van der Waals surface area contributed by atoms with Crippen molar-refractivity contribution in [2.75, 3.05) is 19.5 Å². The normalized spacial score (nSPS) is 25.1. The molecule has 0 radical (unpaired) electrons. The summed E-state index contributed by atoms with van der Waals surface area (Å²) in [5.74, 6) is -0.566. The highest BCUT2D eigenvalue weighted by Crippen LogP contribution is 2.48. The SMILES string of the molecule is COc1nc(N)nc2c1ncn2[C@@H]1O[C@H](COP(=O)(N[C@@H](C)C(=O)OC(C)C)Oc2ccccc2)[C@H](O)[C@@]1(C)F. The second-order valence-electron chi connectivity index (χ2n) is 9.57. The van der Waals surface area contributed by atoms with E-state index in [0.29, 0.717) is 0 Å². The number of nitrogens with two attached hydrogens (primary N) is 1. The van der Waals surface area contributed by atoms with E-state index in [1.807, 2.05) is 0 Å². The number of nitrogens with one attached hydrogen (secondary N) is 1. The number of carbonyl (C=O) groups is 1. The highest BCUT2D eigenvalue weighted by atomic mass is 31.2. The number of esters is 1. The molecule has 0 saturated carbocycles. The van der Waals surface area contributed by atoms with E-state index < -0.39 is 56.6 Å². The Morgan fingerprint density at radius 1 is 1.30 bits per heavy atom. The summed E-state index contributed by atoms with van der Waals surface area (Å²) in [6.45, 7) is 5.33. The van der Waals surface area contributed by atoms with Gasteiger partial charge in [-0.05, 0) is 39.8 Å². The van der Waals surface area contributed by atoms with Crippen molar-refractivity contribution >= 4 is 30.8 Å². The molecule has 0 aliphatic carbocycles. The summed E-state index contributed by atoms with van der Waals surface area (Å²) in [6.07, 6.45) is -3.63. The summed E-state index contributed by atoms with van der Waals surface area (Å²) in [4.78, 5) is 24.6. The first-order chi connectivity index (χ1) is 18.8. The number of anilines is 1. The molecule has 2 aromatic heterocycles. The molecule has 16 heteroatoms. The zero-order valence-electron chi connectivity index (χ0n) is 22.6. The number of imidazole rings is 1. The Kier molecular flexibility index (Phi) is 8.61. The number of halogens is 1. The minimum atomic E-state index is -4.29. The lowest BCUT2D eigenvalue weighted by molar-refractivity contribution is -0.149. The number of carbonyl (C=O) groups excluding carboxylic acids is 1. The molecule has 1 aromatic carbocycles. The van der Waals surface area contributed by atoms with Gasteiger partial charge in [0.15, 0.2) is 23.1 Å². The maximum Gasteiger partial charge on any atom is 0.459 e. The summed E-state index contributed by atoms with van der Waals surface area (Å²) in [6, 6.07) is 7.02. The van der Waals surface area contributed by atoms with Crippen LogP contribution >= 0.6 is 7.75 Å². The molecule has 1 saturated heterocycles. The molecule has 0 amide bonds. The lowest BCUT2D eigenvalue weighted by Gasteiger charge is -2.25. The minimum Gasteiger partial charge on any atom is -0.479 e. The molecular formula is C24H32FN6O8P. The number of rotatable bonds is 11. The van der Waals surface area contributed by atoms with Crippen molar-refractivity contribution in [1.82, 2.24) is 24.6 Å². The van der Waals surface area contributed by atoms with Gasteiger partial charge in [0.25, 0.3) is 0 Å². The Hall–Kier alpha value is -3.36. The maximum atomic E-state index is 15.9. The van der Waals surface area contributed by atoms with Crippen LogP contribution in [-0.4, -0.2) is 74.3 Å². The first-order valence-corrected chi connectivity index (χ1v) is 13.9. The lowest BCUT2D eigenvalue weighted by atomic mass is 9.98. The van der Waals surface area contributed by atoms with Crippen LogP contribution in [0.3, 0.4) is 0 Å². The van der Waals surface area contributed by atoms with E-state index in [0.717, 1.165) is 6.92 Å². The molecule has 218 valence electrons. The first kappa shape index (κ1) is 29.6. The van der Waals surface area contributed by atoms with Gasteiger partial charge in [0.05, 0.1) is 26.1 Å². The van der Waals surface area contributed by atoms with Crippen LogP contribution in [0.2, 0.25) is 0 Å². The van der Waals surface area contributed by atoms with Crippen LogP contribution in [-0.2, 0) is 23.4 Å². The highest BCUT2D eigenvalue weighted by Gasteiger charge is 2.56. The van der Waals surface area contributed by atoms with Crippen molar-refractivity contribution in [3.05, 3.63) is 36.7 Å². The monoisotopic (exact) mass is 582 g/mol. The maximum absolute atomic E-state index is 15.9. The number of nitrogen functional groups attached to an aromatic ring is 1. The summed E-state index contributed by atoms with van der Waals surface area (Å²) in [5, 5.41) is 13.4. The Labute approximate surface area is 229 Å². The molecule has 1 aliphatic rings. The second kappa shape index (κ2) is 11.6. The van der Waals surface area contributed by atoms with Crippen molar-refractivity contribution in [1.29, 1.82) is 0 Å². The van der Waals surface area contributed by atoms with Gasteiger partial charge in [-0.1, -0.05) is 18.2 Å². The molecule has 0 bridgehead atoms. The van der Waals surface area contributed by atoms with Gasteiger partial charge in [0.2, 0.25) is 11.8 Å². The smallest absolute Gasteiger partial charge is 0.459 e. The molecule has 1 unspecified atom stereocenters. The van der Waals surface area contributed by atoms with E-state index >= 15 is 4.39 Å². The number of alkyl halides is 1. The van der Waals surface area contributed by atoms with Crippen molar-refractivity contribution in [2.24, 2.45) is 0 Å². The zero-order valence-corrected chi connectivity index (χ0v) is 23.4. The van der Waals surface area contributed by atoms with Crippen LogP contribution in [0.4, 0.5) is 10.3 Å². The van der Waals surface area contributed by atoms with Crippen LogP contribution in [0, 0.1) is 0 Å². The van der Waals surface area contributed by atoms with Crippen molar-refractivity contribution in [3.8, 4) is 11.6 Å². The number of hydrogen-bond acceptors (Lipinski definition) is 12. The minimum absolute atomic E-state index is 0.0791. The average molecular weight is 583 g/mol. The zero-order chi connectivity index (χ0) is 29.2. The third-order valence-electron chi connectivity index (χ3n) is 6.00. The summed E-state index contributed by atoms with van der Waals surface area (Å²) in [7, 11) is -2.92. The molecule has 1 fully saturated rings. The number of ether oxygens (including phenoxy) is 3. The van der Waals surface area contributed by atoms with E-state index in [-0.39, 0.29) is 28.7 Å². The van der Waals surface area contributed by atoms with Crippen LogP contribution in [0.1, 0.15) is 33.9 Å². The lowest BCUT2D eigenvalue weighted by Crippen LogP contribution is -2.41. The fraction of sp³-hybridized carbons (Fsp3) is 0.500. The molecular weight excluding hydrogens is 550 g/mol. The Morgan fingerprint density at radius 3 is 2.65 bits per heavy atom. The third kappa shape index (κ3) is 6.18. The van der Waals surface area contributed by atoms with Gasteiger partial charge < -0.3 is 29.6 Å². The number of aromatic nitrogens is 4. The molecule has 14 nitrogen and oxygen atoms in total. The van der Waals surface area contributed by atoms with Gasteiger partial charge >= 0.3 is 13.7 Å². The van der Waals surface area contributed by atoms with Crippen LogP contribution < -0.4 is 20.1 Å². The molecule has 4 N–H and O–H groups in total. The largest absolute Gasteiger partial charge is 0.479 e. The van der Waals surface area contributed by atoms with Gasteiger partial charge in [0.1, 0.15) is 24.0 Å². The molecule has 4 rings (SSSR count). The van der Waals surface area contributed by atoms with E-state index in [4.69, 9.17) is 29.0 Å². The van der Waals surface area contributed by atoms with Crippen molar-refractivity contribution in [2.45, 2.75) is 63.9 Å². The number of nitrogens with zero attached hydrogens (tertiary/aromatic N) is 4. The average Bonchev–Trinajstić information content (AvgIpc) is 3.40. The second-order valence-corrected chi connectivity index (χ2v) is 11.3. The number of methoxy groups -OCH3 is 1. The van der Waals surface area contributed by atoms with Gasteiger partial charge in [0, 0.05) is 0 Å². The van der Waals surface area contributed by atoms with E-state index in [1.54, 1.807) is 32.0 Å². The Bertz CT molecular complexity index is 1390. The van der Waals surface area contributed by atoms with Crippen molar-refractivity contribution in [3.63, 3.8) is 0 Å². The standard InChI is InChI=1S/C24H32FN6O8P/c1-13(2)37-21(33)14(3)30-40(34,39-15-9-7-6-8-10-15)36-11-16-18(32)24(4,25)22(38-16)31-12-27-17-19(31)28-23(26)29-20(17)35-5/h6-10,12-14,16,18,22,32H,11H2,1-5H3,(H,30,34)(H2,26,28,29)/t14-,16+,18-,22+,24+,40?/m0/s1. The molecule has 0 spiro atoms. The van der Waals surface area contributed by atoms with E-state index in [9.17, 15) is 14.5 Å². The number of hydrogen-bond donors (Lipinski definition) is 3.